The summed E-state index contributed by atoms with van der Waals surface area (Å²) in [5.74, 6) is 0.853. The second kappa shape index (κ2) is 11.1. The van der Waals surface area contributed by atoms with E-state index in [0.29, 0.717) is 41.1 Å². The minimum absolute atomic E-state index is 0.303. The van der Waals surface area contributed by atoms with Gasteiger partial charge in [0.2, 0.25) is 5.79 Å². The van der Waals surface area contributed by atoms with E-state index < -0.39 is 5.79 Å². The Balaban J connectivity index is 1.51. The van der Waals surface area contributed by atoms with Crippen LogP contribution in [0.3, 0.4) is 0 Å². The summed E-state index contributed by atoms with van der Waals surface area (Å²) in [6, 6.07) is 11.7. The summed E-state index contributed by atoms with van der Waals surface area (Å²) in [7, 11) is 0. The number of fused-ring (bicyclic) bond motifs is 1. The number of nitrogens with zero attached hydrogens (tertiary/aromatic N) is 1. The Hall–Kier alpha value is -3.49. The highest BCUT2D eigenvalue weighted by Gasteiger charge is 2.41. The Bertz CT molecular complexity index is 1250. The molecule has 2 aliphatic rings. The summed E-state index contributed by atoms with van der Waals surface area (Å²) >= 11 is 0. The fourth-order valence-electron chi connectivity index (χ4n) is 5.30. The molecule has 204 valence electrons. The lowest BCUT2D eigenvalue weighted by Gasteiger charge is -2.45. The third-order valence-electron chi connectivity index (χ3n) is 7.54. The van der Waals surface area contributed by atoms with Crippen LogP contribution < -0.4 is 26.7 Å². The summed E-state index contributed by atoms with van der Waals surface area (Å²) in [5.41, 5.74) is 23.5. The number of piperidine rings is 1. The van der Waals surface area contributed by atoms with E-state index in [4.69, 9.17) is 36.8 Å². The topological polar surface area (TPSA) is 133 Å². The van der Waals surface area contributed by atoms with E-state index in [1.165, 1.54) is 6.20 Å². The fraction of sp³-hybridized carbons (Fsp3) is 0.433. The van der Waals surface area contributed by atoms with Crippen LogP contribution in [0.2, 0.25) is 0 Å². The molecule has 38 heavy (non-hydrogen) atoms. The first kappa shape index (κ1) is 27.5. The smallest absolute Gasteiger partial charge is 0.213 e. The molecule has 8 heteroatoms. The molecule has 0 saturated carbocycles. The number of nitrogens with one attached hydrogen (secondary N) is 1. The van der Waals surface area contributed by atoms with Crippen LogP contribution in [-0.4, -0.2) is 41.6 Å². The zero-order chi connectivity index (χ0) is 27.6. The van der Waals surface area contributed by atoms with Gasteiger partial charge in [0.15, 0.2) is 0 Å². The first-order chi connectivity index (χ1) is 18.0. The number of hydrogen-bond acceptors (Lipinski definition) is 8. The molecule has 2 aromatic carbocycles. The zero-order valence-electron chi connectivity index (χ0n) is 23.1. The van der Waals surface area contributed by atoms with Gasteiger partial charge in [0.05, 0.1) is 12.3 Å². The van der Waals surface area contributed by atoms with Crippen molar-refractivity contribution in [1.29, 1.82) is 5.41 Å². The second-order valence-corrected chi connectivity index (χ2v) is 10.6. The standard InChI is InChI=1S/C30H41N5O3/c1-18(2)35-12-10-30(11-13-35)36-17-23-14-22(6-9-27(23)38-30)29(34)25-15-24(7-8-26(25)33)37-21(5)28(20(4)32)19(3)16-31/h6-9,14-16,18,21,34H,10-13,17,31-33H2,1-5H3/b19-16-,28-20?,34-29?/t21-/m1/s1. The zero-order valence-corrected chi connectivity index (χ0v) is 23.1. The van der Waals surface area contributed by atoms with Crippen molar-refractivity contribution >= 4 is 11.4 Å². The van der Waals surface area contributed by atoms with Gasteiger partial charge in [0, 0.05) is 65.6 Å². The van der Waals surface area contributed by atoms with E-state index in [-0.39, 0.29) is 6.10 Å². The Morgan fingerprint density at radius 1 is 1.11 bits per heavy atom. The summed E-state index contributed by atoms with van der Waals surface area (Å²) < 4.78 is 18.8. The summed E-state index contributed by atoms with van der Waals surface area (Å²) in [4.78, 5) is 2.45. The number of ether oxygens (including phenoxy) is 3. The predicted molar refractivity (Wildman–Crippen MR) is 152 cm³/mol. The molecule has 8 nitrogen and oxygen atoms in total. The van der Waals surface area contributed by atoms with Crippen molar-refractivity contribution in [3.63, 3.8) is 0 Å². The van der Waals surface area contributed by atoms with Crippen LogP contribution in [0.1, 0.15) is 64.2 Å². The monoisotopic (exact) mass is 519 g/mol. The van der Waals surface area contributed by atoms with Crippen LogP contribution >= 0.6 is 0 Å². The van der Waals surface area contributed by atoms with Crippen LogP contribution in [0.4, 0.5) is 5.69 Å². The number of anilines is 1. The van der Waals surface area contributed by atoms with Gasteiger partial charge in [-0.05, 0) is 82.8 Å². The van der Waals surface area contributed by atoms with Gasteiger partial charge in [-0.15, -0.1) is 0 Å². The number of hydrogen-bond donors (Lipinski definition) is 4. The summed E-state index contributed by atoms with van der Waals surface area (Å²) in [6.45, 7) is 12.4. The molecule has 2 heterocycles. The Labute approximate surface area is 225 Å². The lowest BCUT2D eigenvalue weighted by molar-refractivity contribution is -0.229. The Kier molecular flexibility index (Phi) is 8.04. The molecule has 0 aromatic heterocycles. The summed E-state index contributed by atoms with van der Waals surface area (Å²) in [5, 5.41) is 8.93. The number of rotatable bonds is 7. The molecular weight excluding hydrogens is 478 g/mol. The van der Waals surface area contributed by atoms with Gasteiger partial charge in [-0.3, -0.25) is 5.41 Å². The third kappa shape index (κ3) is 5.66. The third-order valence-corrected chi connectivity index (χ3v) is 7.54. The Morgan fingerprint density at radius 3 is 2.45 bits per heavy atom. The van der Waals surface area contributed by atoms with Crippen molar-refractivity contribution in [2.45, 2.75) is 72.0 Å². The lowest BCUT2D eigenvalue weighted by atomic mass is 9.97. The first-order valence-corrected chi connectivity index (χ1v) is 13.2. The van der Waals surface area contributed by atoms with E-state index in [2.05, 4.69) is 18.7 Å². The van der Waals surface area contributed by atoms with Crippen LogP contribution in [-0.2, 0) is 11.3 Å². The molecule has 1 atom stereocenters. The van der Waals surface area contributed by atoms with E-state index in [0.717, 1.165) is 54.0 Å². The van der Waals surface area contributed by atoms with Gasteiger partial charge in [-0.2, -0.15) is 0 Å². The lowest BCUT2D eigenvalue weighted by Crippen LogP contribution is -2.52. The molecule has 1 fully saturated rings. The molecule has 0 bridgehead atoms. The van der Waals surface area contributed by atoms with Crippen LogP contribution in [0, 0.1) is 5.41 Å². The molecular formula is C30H41N5O3. The van der Waals surface area contributed by atoms with Gasteiger partial charge in [-0.25, -0.2) is 0 Å². The molecule has 2 aromatic rings. The molecule has 1 saturated heterocycles. The molecule has 0 radical (unpaired) electrons. The number of benzene rings is 2. The van der Waals surface area contributed by atoms with E-state index in [1.54, 1.807) is 18.2 Å². The average molecular weight is 520 g/mol. The highest BCUT2D eigenvalue weighted by atomic mass is 16.7. The molecule has 4 rings (SSSR count). The van der Waals surface area contributed by atoms with Crippen molar-refractivity contribution < 1.29 is 14.2 Å². The second-order valence-electron chi connectivity index (χ2n) is 10.6. The molecule has 0 aliphatic carbocycles. The van der Waals surface area contributed by atoms with Gasteiger partial charge in [-0.1, -0.05) is 0 Å². The predicted octanol–water partition coefficient (Wildman–Crippen LogP) is 4.66. The normalized spacial score (nSPS) is 18.9. The van der Waals surface area contributed by atoms with E-state index in [1.807, 2.05) is 39.0 Å². The van der Waals surface area contributed by atoms with Crippen LogP contribution in [0.25, 0.3) is 0 Å². The maximum atomic E-state index is 8.93. The summed E-state index contributed by atoms with van der Waals surface area (Å²) in [6.07, 6.45) is 2.87. The van der Waals surface area contributed by atoms with Gasteiger partial charge in [0.1, 0.15) is 17.6 Å². The largest absolute Gasteiger partial charge is 0.486 e. The minimum Gasteiger partial charge on any atom is -0.486 e. The van der Waals surface area contributed by atoms with Gasteiger partial charge in [0.25, 0.3) is 0 Å². The number of nitrogens with two attached hydrogens (primary N) is 3. The molecule has 1 spiro atoms. The molecule has 2 aliphatic heterocycles. The number of nitrogen functional groups attached to an aromatic ring is 1. The van der Waals surface area contributed by atoms with Crippen LogP contribution in [0.15, 0.2) is 59.4 Å². The van der Waals surface area contributed by atoms with E-state index in [9.17, 15) is 0 Å². The molecule has 7 N–H and O–H groups in total. The first-order valence-electron chi connectivity index (χ1n) is 13.2. The van der Waals surface area contributed by atoms with Crippen molar-refractivity contribution in [1.82, 2.24) is 4.90 Å². The van der Waals surface area contributed by atoms with Crippen molar-refractivity contribution in [2.75, 3.05) is 18.8 Å². The highest BCUT2D eigenvalue weighted by molar-refractivity contribution is 6.14. The maximum absolute atomic E-state index is 8.93. The molecule has 0 unspecified atom stereocenters. The quantitative estimate of drug-likeness (QED) is 0.238. The number of likely N-dealkylation sites (tertiary alicyclic amines) is 1. The minimum atomic E-state index is -0.563. The average Bonchev–Trinajstić information content (AvgIpc) is 2.89. The molecule has 0 amide bonds. The SMILES string of the molecule is CC(N)=C(/C(C)=C\N)[C@@H](C)Oc1ccc(N)c(C(=N)c2ccc3c(c2)COC2(CCN(C(C)C)CC2)O3)c1. The highest BCUT2D eigenvalue weighted by Crippen LogP contribution is 2.38. The van der Waals surface area contributed by atoms with Crippen LogP contribution in [0.5, 0.6) is 11.5 Å². The maximum Gasteiger partial charge on any atom is 0.213 e. The van der Waals surface area contributed by atoms with Gasteiger partial charge >= 0.3 is 0 Å². The van der Waals surface area contributed by atoms with Gasteiger partial charge < -0.3 is 36.3 Å². The van der Waals surface area contributed by atoms with E-state index >= 15 is 0 Å². The van der Waals surface area contributed by atoms with Crippen molar-refractivity contribution in [3.05, 3.63) is 76.1 Å². The van der Waals surface area contributed by atoms with Crippen molar-refractivity contribution in [3.8, 4) is 11.5 Å². The Morgan fingerprint density at radius 2 is 1.82 bits per heavy atom. The fourth-order valence-corrected chi connectivity index (χ4v) is 5.30. The van der Waals surface area contributed by atoms with Crippen molar-refractivity contribution in [2.24, 2.45) is 11.5 Å². The number of allylic oxidation sites excluding steroid dienone is 1.